The van der Waals surface area contributed by atoms with Gasteiger partial charge >= 0.3 is 16.0 Å². The zero-order valence-corrected chi connectivity index (χ0v) is 11.0. The average molecular weight is 290 g/mol. The van der Waals surface area contributed by atoms with Crippen LogP contribution in [0.4, 0.5) is 11.4 Å². The monoisotopic (exact) mass is 290 g/mol. The Morgan fingerprint density at radius 1 is 1.47 bits per heavy atom. The van der Waals surface area contributed by atoms with E-state index in [-0.39, 0.29) is 23.7 Å². The number of nitro benzene ring substituents is 1. The van der Waals surface area contributed by atoms with Crippen molar-refractivity contribution in [3.8, 4) is 5.75 Å². The molecular weight excluding hydrogens is 276 g/mol. The van der Waals surface area contributed by atoms with Crippen molar-refractivity contribution in [2.24, 2.45) is 0 Å². The highest BCUT2D eigenvalue weighted by atomic mass is 32.2. The second kappa shape index (κ2) is 6.34. The lowest BCUT2D eigenvalue weighted by Gasteiger charge is -2.08. The van der Waals surface area contributed by atoms with Crippen LogP contribution in [0.1, 0.15) is 19.8 Å². The molecular formula is C10H14N2O6S. The normalized spacial score (nSPS) is 11.1. The Labute approximate surface area is 110 Å². The first-order valence-electron chi connectivity index (χ1n) is 5.50. The summed E-state index contributed by atoms with van der Waals surface area (Å²) in [5, 5.41) is 10.8. The van der Waals surface area contributed by atoms with Gasteiger partial charge in [-0.15, -0.1) is 0 Å². The van der Waals surface area contributed by atoms with E-state index in [2.05, 4.69) is 0 Å². The molecule has 0 saturated heterocycles. The standard InChI is InChI=1S/C10H14N2O6S/c1-2-3-6-18-10-7-8(11-19(15,16)17)4-5-9(10)12(13)14/h4-5,7,11H,2-3,6H2,1H3,(H,15,16,17). The van der Waals surface area contributed by atoms with Crippen molar-refractivity contribution in [3.05, 3.63) is 28.3 Å². The zero-order valence-electron chi connectivity index (χ0n) is 10.2. The fraction of sp³-hybridized carbons (Fsp3) is 0.400. The maximum atomic E-state index is 10.8. The first kappa shape index (κ1) is 15.2. The Balaban J connectivity index is 3.00. The predicted octanol–water partition coefficient (Wildman–Crippen LogP) is 1.99. The molecule has 0 amide bonds. The van der Waals surface area contributed by atoms with Crippen molar-refractivity contribution in [1.29, 1.82) is 0 Å². The summed E-state index contributed by atoms with van der Waals surface area (Å²) >= 11 is 0. The van der Waals surface area contributed by atoms with E-state index >= 15 is 0 Å². The number of nitrogens with one attached hydrogen (secondary N) is 1. The number of nitro groups is 1. The van der Waals surface area contributed by atoms with Gasteiger partial charge < -0.3 is 4.74 Å². The van der Waals surface area contributed by atoms with E-state index in [4.69, 9.17) is 9.29 Å². The second-order valence-electron chi connectivity index (χ2n) is 3.72. The summed E-state index contributed by atoms with van der Waals surface area (Å²) in [7, 11) is -4.43. The largest absolute Gasteiger partial charge is 0.487 e. The number of unbranched alkanes of at least 4 members (excludes halogenated alkanes) is 1. The Morgan fingerprint density at radius 3 is 2.68 bits per heavy atom. The van der Waals surface area contributed by atoms with E-state index < -0.39 is 15.2 Å². The van der Waals surface area contributed by atoms with Crippen molar-refractivity contribution in [1.82, 2.24) is 0 Å². The third kappa shape index (κ3) is 5.10. The molecule has 0 unspecified atom stereocenters. The number of hydrogen-bond acceptors (Lipinski definition) is 5. The number of hydrogen-bond donors (Lipinski definition) is 2. The number of anilines is 1. The molecule has 1 aromatic carbocycles. The summed E-state index contributed by atoms with van der Waals surface area (Å²) < 4.78 is 37.0. The first-order chi connectivity index (χ1) is 8.83. The molecule has 0 aliphatic heterocycles. The average Bonchev–Trinajstić information content (AvgIpc) is 2.27. The minimum atomic E-state index is -4.43. The molecule has 1 aromatic rings. The molecule has 0 radical (unpaired) electrons. The van der Waals surface area contributed by atoms with Crippen LogP contribution in [-0.2, 0) is 10.3 Å². The lowest BCUT2D eigenvalue weighted by Crippen LogP contribution is -2.10. The minimum Gasteiger partial charge on any atom is -0.487 e. The quantitative estimate of drug-likeness (QED) is 0.343. The molecule has 0 aliphatic carbocycles. The lowest BCUT2D eigenvalue weighted by atomic mass is 10.2. The SMILES string of the molecule is CCCCOc1cc(NS(=O)(=O)O)ccc1[N+](=O)[O-]. The molecule has 0 bridgehead atoms. The van der Waals surface area contributed by atoms with Gasteiger partial charge in [-0.3, -0.25) is 19.4 Å². The second-order valence-corrected chi connectivity index (χ2v) is 4.87. The van der Waals surface area contributed by atoms with Crippen LogP contribution in [0.25, 0.3) is 0 Å². The van der Waals surface area contributed by atoms with Crippen molar-refractivity contribution < 1.29 is 22.6 Å². The predicted molar refractivity (Wildman–Crippen MR) is 68.7 cm³/mol. The van der Waals surface area contributed by atoms with Gasteiger partial charge in [0.05, 0.1) is 17.2 Å². The number of ether oxygens (including phenoxy) is 1. The van der Waals surface area contributed by atoms with Crippen LogP contribution >= 0.6 is 0 Å². The maximum absolute atomic E-state index is 10.8. The highest BCUT2D eigenvalue weighted by molar-refractivity contribution is 7.87. The van der Waals surface area contributed by atoms with Crippen molar-refractivity contribution >= 4 is 21.7 Å². The molecule has 0 aliphatic rings. The van der Waals surface area contributed by atoms with Gasteiger partial charge in [0.15, 0.2) is 5.75 Å². The van der Waals surface area contributed by atoms with Gasteiger partial charge in [-0.25, -0.2) is 0 Å². The van der Waals surface area contributed by atoms with Gasteiger partial charge in [0.2, 0.25) is 0 Å². The maximum Gasteiger partial charge on any atom is 0.357 e. The van der Waals surface area contributed by atoms with Crippen LogP contribution in [0.3, 0.4) is 0 Å². The first-order valence-corrected chi connectivity index (χ1v) is 6.94. The van der Waals surface area contributed by atoms with Crippen LogP contribution in [0.15, 0.2) is 18.2 Å². The van der Waals surface area contributed by atoms with Crippen LogP contribution in [0.2, 0.25) is 0 Å². The smallest absolute Gasteiger partial charge is 0.357 e. The molecule has 0 atom stereocenters. The van der Waals surface area contributed by atoms with Crippen LogP contribution < -0.4 is 9.46 Å². The summed E-state index contributed by atoms with van der Waals surface area (Å²) in [5.74, 6) is -0.0490. The summed E-state index contributed by atoms with van der Waals surface area (Å²) in [5.41, 5.74) is -0.281. The van der Waals surface area contributed by atoms with E-state index in [9.17, 15) is 18.5 Å². The highest BCUT2D eigenvalue weighted by Crippen LogP contribution is 2.30. The van der Waals surface area contributed by atoms with E-state index in [1.54, 1.807) is 4.72 Å². The molecule has 9 heteroatoms. The Hall–Kier alpha value is -1.87. The summed E-state index contributed by atoms with van der Waals surface area (Å²) in [6.45, 7) is 2.22. The Kier molecular flexibility index (Phi) is 5.07. The van der Waals surface area contributed by atoms with Gasteiger partial charge in [-0.05, 0) is 12.5 Å². The van der Waals surface area contributed by atoms with E-state index in [1.165, 1.54) is 6.07 Å². The molecule has 0 saturated carbocycles. The van der Waals surface area contributed by atoms with E-state index in [0.717, 1.165) is 18.6 Å². The van der Waals surface area contributed by atoms with Crippen molar-refractivity contribution in [3.63, 3.8) is 0 Å². The zero-order chi connectivity index (χ0) is 14.5. The summed E-state index contributed by atoms with van der Waals surface area (Å²) in [6.07, 6.45) is 1.57. The Bertz CT molecular complexity index is 557. The highest BCUT2D eigenvalue weighted by Gasteiger charge is 2.17. The molecule has 0 spiro atoms. The van der Waals surface area contributed by atoms with E-state index in [1.807, 2.05) is 6.92 Å². The molecule has 106 valence electrons. The van der Waals surface area contributed by atoms with Crippen LogP contribution in [0, 0.1) is 10.1 Å². The topological polar surface area (TPSA) is 119 Å². The third-order valence-electron chi connectivity index (χ3n) is 2.16. The van der Waals surface area contributed by atoms with Crippen LogP contribution in [0.5, 0.6) is 5.75 Å². The molecule has 2 N–H and O–H groups in total. The number of benzene rings is 1. The third-order valence-corrected chi connectivity index (χ3v) is 2.65. The fourth-order valence-corrected chi connectivity index (χ4v) is 1.74. The van der Waals surface area contributed by atoms with E-state index in [0.29, 0.717) is 6.42 Å². The van der Waals surface area contributed by atoms with Crippen LogP contribution in [-0.4, -0.2) is 24.5 Å². The number of nitrogens with zero attached hydrogens (tertiary/aromatic N) is 1. The number of rotatable bonds is 7. The Morgan fingerprint density at radius 2 is 2.16 bits per heavy atom. The van der Waals surface area contributed by atoms with Gasteiger partial charge in [-0.1, -0.05) is 13.3 Å². The summed E-state index contributed by atoms with van der Waals surface area (Å²) in [4.78, 5) is 10.2. The molecule has 1 rings (SSSR count). The van der Waals surface area contributed by atoms with Gasteiger partial charge in [0, 0.05) is 12.1 Å². The lowest BCUT2D eigenvalue weighted by molar-refractivity contribution is -0.385. The molecule has 0 fully saturated rings. The fourth-order valence-electron chi connectivity index (χ4n) is 1.32. The molecule has 0 heterocycles. The molecule has 19 heavy (non-hydrogen) atoms. The molecule has 0 aromatic heterocycles. The van der Waals surface area contributed by atoms with Gasteiger partial charge in [0.1, 0.15) is 0 Å². The van der Waals surface area contributed by atoms with Gasteiger partial charge in [-0.2, -0.15) is 8.42 Å². The molecule has 8 nitrogen and oxygen atoms in total. The van der Waals surface area contributed by atoms with Gasteiger partial charge in [0.25, 0.3) is 0 Å². The van der Waals surface area contributed by atoms with Crippen molar-refractivity contribution in [2.75, 3.05) is 11.3 Å². The minimum absolute atomic E-state index is 0.0143. The van der Waals surface area contributed by atoms with Crippen molar-refractivity contribution in [2.45, 2.75) is 19.8 Å². The summed E-state index contributed by atoms with van der Waals surface area (Å²) in [6, 6.07) is 3.43.